The molecule has 0 saturated heterocycles. The number of carbonyl (C=O) groups is 1. The van der Waals surface area contributed by atoms with Gasteiger partial charge in [0.25, 0.3) is 0 Å². The zero-order valence-corrected chi connectivity index (χ0v) is 17.8. The number of hydrogen-bond donors (Lipinski definition) is 1. The molecule has 0 saturated carbocycles. The molecule has 8 nitrogen and oxygen atoms in total. The van der Waals surface area contributed by atoms with E-state index >= 15 is 0 Å². The lowest BCUT2D eigenvalue weighted by Crippen LogP contribution is -2.14. The third kappa shape index (κ3) is 4.89. The number of anilines is 1. The smallest absolute Gasteiger partial charge is 0.225 e. The number of furan rings is 1. The number of hydrogen-bond acceptors (Lipinski definition) is 8. The number of aryl methyl sites for hydroxylation is 1. The Labute approximate surface area is 182 Å². The number of benzene rings is 1. The average Bonchev–Trinajstić information content (AvgIpc) is 3.52. The monoisotopic (exact) mass is 436 g/mol. The van der Waals surface area contributed by atoms with Crippen LogP contribution in [0.15, 0.2) is 58.7 Å². The third-order valence-corrected chi connectivity index (χ3v) is 5.27. The predicted molar refractivity (Wildman–Crippen MR) is 117 cm³/mol. The van der Waals surface area contributed by atoms with Crippen LogP contribution in [0.5, 0.6) is 11.5 Å². The van der Waals surface area contributed by atoms with Gasteiger partial charge < -0.3 is 19.2 Å². The van der Waals surface area contributed by atoms with Gasteiger partial charge in [0.1, 0.15) is 16.5 Å². The van der Waals surface area contributed by atoms with Gasteiger partial charge in [0, 0.05) is 24.1 Å². The minimum atomic E-state index is -0.163. The SMILES string of the molecule is COc1ccc(CCC(=O)Nc2cc(-c3nccs3)nc(-c3ccco3)n2)cc1OC. The molecule has 0 atom stereocenters. The quantitative estimate of drug-likeness (QED) is 0.436. The highest BCUT2D eigenvalue weighted by Crippen LogP contribution is 2.28. The first-order chi connectivity index (χ1) is 15.2. The zero-order chi connectivity index (χ0) is 21.6. The number of nitrogens with zero attached hydrogens (tertiary/aromatic N) is 3. The Kier molecular flexibility index (Phi) is 6.23. The van der Waals surface area contributed by atoms with E-state index in [1.165, 1.54) is 11.3 Å². The predicted octanol–water partition coefficient (Wildman–Crippen LogP) is 4.45. The summed E-state index contributed by atoms with van der Waals surface area (Å²) in [5.74, 6) is 2.41. The van der Waals surface area contributed by atoms with Gasteiger partial charge in [-0.25, -0.2) is 15.0 Å². The Balaban J connectivity index is 1.50. The standard InChI is InChI=1S/C22H20N4O4S/c1-28-16-7-5-14(12-18(16)29-2)6-8-20(27)25-19-13-15(22-23-9-11-31-22)24-21(26-19)17-4-3-10-30-17/h3-5,7,9-13H,6,8H2,1-2H3,(H,24,25,26,27). The third-order valence-electron chi connectivity index (χ3n) is 4.48. The lowest BCUT2D eigenvalue weighted by molar-refractivity contribution is -0.116. The van der Waals surface area contributed by atoms with Crippen LogP contribution in [0.1, 0.15) is 12.0 Å². The summed E-state index contributed by atoms with van der Waals surface area (Å²) < 4.78 is 16.0. The Hall–Kier alpha value is -3.72. The van der Waals surface area contributed by atoms with Crippen LogP contribution in [-0.2, 0) is 11.2 Å². The van der Waals surface area contributed by atoms with Gasteiger partial charge in [-0.05, 0) is 36.2 Å². The van der Waals surface area contributed by atoms with Crippen LogP contribution < -0.4 is 14.8 Å². The van der Waals surface area contributed by atoms with Crippen LogP contribution in [0.2, 0.25) is 0 Å². The molecule has 0 spiro atoms. The van der Waals surface area contributed by atoms with Gasteiger partial charge in [0.15, 0.2) is 23.1 Å². The molecule has 9 heteroatoms. The summed E-state index contributed by atoms with van der Waals surface area (Å²) in [6.45, 7) is 0. The molecule has 0 fully saturated rings. The Morgan fingerprint density at radius 3 is 2.71 bits per heavy atom. The Morgan fingerprint density at radius 2 is 2.00 bits per heavy atom. The van der Waals surface area contributed by atoms with Crippen LogP contribution in [0.25, 0.3) is 22.3 Å². The van der Waals surface area contributed by atoms with Crippen molar-refractivity contribution in [2.24, 2.45) is 0 Å². The van der Waals surface area contributed by atoms with Crippen molar-refractivity contribution in [1.82, 2.24) is 15.0 Å². The second-order valence-electron chi connectivity index (χ2n) is 6.51. The van der Waals surface area contributed by atoms with E-state index in [0.29, 0.717) is 41.0 Å². The normalized spacial score (nSPS) is 10.6. The van der Waals surface area contributed by atoms with Crippen LogP contribution in [0, 0.1) is 0 Å². The summed E-state index contributed by atoms with van der Waals surface area (Å²) in [6, 6.07) is 10.8. The van der Waals surface area contributed by atoms with Crippen molar-refractivity contribution in [2.75, 3.05) is 19.5 Å². The molecule has 0 unspecified atom stereocenters. The molecule has 4 aromatic rings. The molecule has 3 heterocycles. The first kappa shape index (κ1) is 20.5. The van der Waals surface area contributed by atoms with Gasteiger partial charge >= 0.3 is 0 Å². The van der Waals surface area contributed by atoms with E-state index in [0.717, 1.165) is 10.6 Å². The molecule has 4 rings (SSSR count). The highest BCUT2D eigenvalue weighted by atomic mass is 32.1. The number of carbonyl (C=O) groups excluding carboxylic acids is 1. The van der Waals surface area contributed by atoms with E-state index < -0.39 is 0 Å². The van der Waals surface area contributed by atoms with Crippen LogP contribution in [-0.4, -0.2) is 35.1 Å². The summed E-state index contributed by atoms with van der Waals surface area (Å²) in [5, 5.41) is 5.46. The van der Waals surface area contributed by atoms with Crippen molar-refractivity contribution in [3.63, 3.8) is 0 Å². The van der Waals surface area contributed by atoms with Crippen molar-refractivity contribution < 1.29 is 18.7 Å². The molecule has 0 bridgehead atoms. The summed E-state index contributed by atoms with van der Waals surface area (Å²) >= 11 is 1.46. The van der Waals surface area contributed by atoms with E-state index in [9.17, 15) is 4.79 Å². The van der Waals surface area contributed by atoms with E-state index in [2.05, 4.69) is 20.3 Å². The van der Waals surface area contributed by atoms with Crippen LogP contribution >= 0.6 is 11.3 Å². The molecule has 0 aliphatic heterocycles. The maximum absolute atomic E-state index is 12.6. The first-order valence-corrected chi connectivity index (χ1v) is 10.4. The fourth-order valence-electron chi connectivity index (χ4n) is 2.99. The van der Waals surface area contributed by atoms with Crippen LogP contribution in [0.4, 0.5) is 5.82 Å². The van der Waals surface area contributed by atoms with Gasteiger partial charge in [-0.3, -0.25) is 4.79 Å². The minimum absolute atomic E-state index is 0.163. The molecular weight excluding hydrogens is 416 g/mol. The molecule has 0 radical (unpaired) electrons. The number of ether oxygens (including phenoxy) is 2. The van der Waals surface area contributed by atoms with Gasteiger partial charge in [0.05, 0.1) is 20.5 Å². The zero-order valence-electron chi connectivity index (χ0n) is 17.0. The number of aromatic nitrogens is 3. The summed E-state index contributed by atoms with van der Waals surface area (Å²) in [5.41, 5.74) is 1.59. The maximum Gasteiger partial charge on any atom is 0.225 e. The number of methoxy groups -OCH3 is 2. The summed E-state index contributed by atoms with van der Waals surface area (Å²) in [6.07, 6.45) is 4.08. The molecule has 31 heavy (non-hydrogen) atoms. The number of thiazole rings is 1. The van der Waals surface area contributed by atoms with Crippen molar-refractivity contribution >= 4 is 23.1 Å². The van der Waals surface area contributed by atoms with Crippen molar-refractivity contribution in [3.8, 4) is 33.8 Å². The molecule has 158 valence electrons. The lowest BCUT2D eigenvalue weighted by atomic mass is 10.1. The number of amides is 1. The molecule has 0 aliphatic rings. The minimum Gasteiger partial charge on any atom is -0.493 e. The van der Waals surface area contributed by atoms with Crippen LogP contribution in [0.3, 0.4) is 0 Å². The van der Waals surface area contributed by atoms with Gasteiger partial charge in [-0.1, -0.05) is 6.07 Å². The Bertz CT molecular complexity index is 1110. The van der Waals surface area contributed by atoms with E-state index in [1.54, 1.807) is 44.9 Å². The largest absolute Gasteiger partial charge is 0.493 e. The molecule has 1 amide bonds. The molecule has 1 aromatic carbocycles. The fourth-order valence-corrected chi connectivity index (χ4v) is 3.58. The second-order valence-corrected chi connectivity index (χ2v) is 7.41. The summed E-state index contributed by atoms with van der Waals surface area (Å²) in [4.78, 5) is 25.8. The molecule has 1 N–H and O–H groups in total. The number of nitrogens with one attached hydrogen (secondary N) is 1. The topological polar surface area (TPSA) is 99.4 Å². The highest BCUT2D eigenvalue weighted by molar-refractivity contribution is 7.13. The average molecular weight is 436 g/mol. The summed E-state index contributed by atoms with van der Waals surface area (Å²) in [7, 11) is 3.17. The van der Waals surface area contributed by atoms with Gasteiger partial charge in [-0.15, -0.1) is 11.3 Å². The molecule has 3 aromatic heterocycles. The van der Waals surface area contributed by atoms with Crippen molar-refractivity contribution in [1.29, 1.82) is 0 Å². The Morgan fingerprint density at radius 1 is 1.13 bits per heavy atom. The van der Waals surface area contributed by atoms with Crippen molar-refractivity contribution in [3.05, 3.63) is 59.8 Å². The second kappa shape index (κ2) is 9.40. The van der Waals surface area contributed by atoms with Gasteiger partial charge in [0.2, 0.25) is 5.91 Å². The van der Waals surface area contributed by atoms with Crippen molar-refractivity contribution in [2.45, 2.75) is 12.8 Å². The first-order valence-electron chi connectivity index (χ1n) is 9.50. The van der Waals surface area contributed by atoms with E-state index in [4.69, 9.17) is 13.9 Å². The lowest BCUT2D eigenvalue weighted by Gasteiger charge is -2.10. The van der Waals surface area contributed by atoms with E-state index in [1.807, 2.05) is 23.6 Å². The number of rotatable bonds is 8. The fraction of sp³-hybridized carbons (Fsp3) is 0.182. The van der Waals surface area contributed by atoms with Gasteiger partial charge in [-0.2, -0.15) is 0 Å². The van der Waals surface area contributed by atoms with E-state index in [-0.39, 0.29) is 12.3 Å². The molecule has 0 aliphatic carbocycles. The highest BCUT2D eigenvalue weighted by Gasteiger charge is 2.14. The molecular formula is C22H20N4O4S. The maximum atomic E-state index is 12.6.